The molecule has 0 saturated carbocycles. The van der Waals surface area contributed by atoms with Crippen molar-refractivity contribution in [3.63, 3.8) is 0 Å². The van der Waals surface area contributed by atoms with Crippen molar-refractivity contribution in [2.75, 3.05) is 7.11 Å². The van der Waals surface area contributed by atoms with Gasteiger partial charge in [0.1, 0.15) is 5.75 Å². The smallest absolute Gasteiger partial charge is 0.118 e. The van der Waals surface area contributed by atoms with Crippen LogP contribution < -0.4 is 4.74 Å². The second-order valence-electron chi connectivity index (χ2n) is 10.1. The molecule has 3 rings (SSSR count). The summed E-state index contributed by atoms with van der Waals surface area (Å²) in [7, 11) is 0.838. The van der Waals surface area contributed by atoms with Gasteiger partial charge in [-0.25, -0.2) is 0 Å². The van der Waals surface area contributed by atoms with Gasteiger partial charge in [0.05, 0.1) is 7.11 Å². The van der Waals surface area contributed by atoms with Crippen LogP contribution in [0.3, 0.4) is 0 Å². The largest absolute Gasteiger partial charge is 0.497 e. The number of hydrogen-bond acceptors (Lipinski definition) is 1. The lowest BCUT2D eigenvalue weighted by Crippen LogP contribution is -2.32. The van der Waals surface area contributed by atoms with Crippen LogP contribution in [-0.4, -0.2) is 15.2 Å². The van der Waals surface area contributed by atoms with Crippen LogP contribution in [0.25, 0.3) is 0 Å². The number of benzene rings is 3. The maximum absolute atomic E-state index is 5.29. The summed E-state index contributed by atoms with van der Waals surface area (Å²) < 4.78 is 5.29. The summed E-state index contributed by atoms with van der Waals surface area (Å²) in [4.78, 5) is 0. The van der Waals surface area contributed by atoms with Gasteiger partial charge < -0.3 is 4.74 Å². The topological polar surface area (TPSA) is 9.23 Å². The summed E-state index contributed by atoms with van der Waals surface area (Å²) in [6, 6.07) is 29.6. The Morgan fingerprint density at radius 1 is 0.567 bits per heavy atom. The summed E-state index contributed by atoms with van der Waals surface area (Å²) >= 11 is 0. The van der Waals surface area contributed by atoms with Crippen molar-refractivity contribution in [2.24, 2.45) is 0 Å². The first-order chi connectivity index (χ1) is 14.0. The SMILES string of the molecule is CC(C)(C)[Si](C)(C)C.COc1ccc(C(C)(c2ccccc2)c2ccccc2)cc1. The van der Waals surface area contributed by atoms with E-state index >= 15 is 0 Å². The summed E-state index contributed by atoms with van der Waals surface area (Å²) in [5.74, 6) is 0.882. The minimum absolute atomic E-state index is 0.186. The molecule has 0 unspecified atom stereocenters. The second kappa shape index (κ2) is 9.66. The molecular formula is C28H38OSi. The highest BCUT2D eigenvalue weighted by Gasteiger charge is 2.31. The summed E-state index contributed by atoms with van der Waals surface area (Å²) in [6.07, 6.45) is 0. The van der Waals surface area contributed by atoms with Crippen LogP contribution in [0.2, 0.25) is 24.7 Å². The maximum Gasteiger partial charge on any atom is 0.118 e. The molecule has 0 heterocycles. The summed E-state index contributed by atoms with van der Waals surface area (Å²) in [6.45, 7) is 16.5. The molecule has 3 aromatic carbocycles. The molecule has 0 N–H and O–H groups in total. The normalized spacial score (nSPS) is 12.0. The summed E-state index contributed by atoms with van der Waals surface area (Å²) in [5.41, 5.74) is 3.64. The Kier molecular flexibility index (Phi) is 7.71. The minimum Gasteiger partial charge on any atom is -0.497 e. The molecule has 30 heavy (non-hydrogen) atoms. The van der Waals surface area contributed by atoms with Crippen molar-refractivity contribution in [1.29, 1.82) is 0 Å². The Labute approximate surface area is 185 Å². The molecule has 0 saturated heterocycles. The van der Waals surface area contributed by atoms with Gasteiger partial charge in [-0.3, -0.25) is 0 Å². The van der Waals surface area contributed by atoms with E-state index in [4.69, 9.17) is 4.74 Å². The lowest BCUT2D eigenvalue weighted by atomic mass is 9.71. The van der Waals surface area contributed by atoms with Crippen LogP contribution in [0.5, 0.6) is 5.75 Å². The third-order valence-electron chi connectivity index (χ3n) is 6.62. The van der Waals surface area contributed by atoms with Gasteiger partial charge in [-0.2, -0.15) is 0 Å². The first-order valence-corrected chi connectivity index (χ1v) is 14.3. The maximum atomic E-state index is 5.29. The molecule has 0 spiro atoms. The molecule has 0 aliphatic rings. The van der Waals surface area contributed by atoms with Gasteiger partial charge in [0.15, 0.2) is 0 Å². The third kappa shape index (κ3) is 5.63. The van der Waals surface area contributed by atoms with E-state index in [1.165, 1.54) is 16.7 Å². The van der Waals surface area contributed by atoms with Crippen LogP contribution in [0.1, 0.15) is 44.4 Å². The first kappa shape index (κ1) is 24.0. The number of hydrogen-bond donors (Lipinski definition) is 0. The minimum atomic E-state index is -0.859. The predicted octanol–water partition coefficient (Wildman–Crippen LogP) is 8.17. The Balaban J connectivity index is 0.000000343. The zero-order valence-electron chi connectivity index (χ0n) is 20.0. The van der Waals surface area contributed by atoms with Gasteiger partial charge in [-0.1, -0.05) is 113 Å². The van der Waals surface area contributed by atoms with E-state index < -0.39 is 8.07 Å². The molecule has 3 aromatic rings. The standard InChI is InChI=1S/C21H20O.C7H18Si/c1-21(17-9-5-3-6-10-17,18-11-7-4-8-12-18)19-13-15-20(22-2)16-14-19;1-7(2,3)8(4,5)6/h3-16H,1-2H3;1-6H3. The van der Waals surface area contributed by atoms with Gasteiger partial charge in [0, 0.05) is 13.5 Å². The highest BCUT2D eigenvalue weighted by atomic mass is 28.3. The van der Waals surface area contributed by atoms with E-state index in [0.717, 1.165) is 5.75 Å². The fourth-order valence-corrected chi connectivity index (χ4v) is 2.97. The Morgan fingerprint density at radius 2 is 0.900 bits per heavy atom. The van der Waals surface area contributed by atoms with E-state index in [1.54, 1.807) is 7.11 Å². The molecule has 0 fully saturated rings. The van der Waals surface area contributed by atoms with Gasteiger partial charge >= 0.3 is 0 Å². The molecule has 160 valence electrons. The van der Waals surface area contributed by atoms with Crippen molar-refractivity contribution in [2.45, 2.75) is 57.8 Å². The van der Waals surface area contributed by atoms with Gasteiger partial charge in [-0.15, -0.1) is 0 Å². The third-order valence-corrected chi connectivity index (χ3v) is 11.1. The number of methoxy groups -OCH3 is 1. The fraction of sp³-hybridized carbons (Fsp3) is 0.357. The van der Waals surface area contributed by atoms with Gasteiger partial charge in [0.25, 0.3) is 0 Å². The van der Waals surface area contributed by atoms with Crippen molar-refractivity contribution in [1.82, 2.24) is 0 Å². The predicted molar refractivity (Wildman–Crippen MR) is 134 cm³/mol. The van der Waals surface area contributed by atoms with E-state index in [9.17, 15) is 0 Å². The first-order valence-electron chi connectivity index (χ1n) is 10.8. The van der Waals surface area contributed by atoms with Crippen LogP contribution in [0.4, 0.5) is 0 Å². The van der Waals surface area contributed by atoms with E-state index in [0.29, 0.717) is 5.04 Å². The zero-order chi connectivity index (χ0) is 22.4. The average Bonchev–Trinajstić information content (AvgIpc) is 2.73. The summed E-state index contributed by atoms with van der Waals surface area (Å²) in [5, 5.41) is 0.576. The molecule has 0 aliphatic heterocycles. The Hall–Kier alpha value is -2.32. The molecular weight excluding hydrogens is 380 g/mol. The number of rotatable bonds is 4. The molecule has 0 bridgehead atoms. The van der Waals surface area contributed by atoms with Crippen molar-refractivity contribution in [3.8, 4) is 5.75 Å². The molecule has 2 heteroatoms. The highest BCUT2D eigenvalue weighted by molar-refractivity contribution is 6.78. The molecule has 0 aliphatic carbocycles. The Morgan fingerprint density at radius 3 is 1.20 bits per heavy atom. The number of ether oxygens (including phenoxy) is 1. The average molecular weight is 419 g/mol. The van der Waals surface area contributed by atoms with E-state index in [1.807, 2.05) is 12.1 Å². The monoisotopic (exact) mass is 418 g/mol. The Bertz CT molecular complexity index is 834. The van der Waals surface area contributed by atoms with E-state index in [2.05, 4.69) is 120 Å². The van der Waals surface area contributed by atoms with Crippen LogP contribution in [0.15, 0.2) is 84.9 Å². The van der Waals surface area contributed by atoms with Crippen LogP contribution in [-0.2, 0) is 5.41 Å². The van der Waals surface area contributed by atoms with E-state index in [-0.39, 0.29) is 5.41 Å². The molecule has 0 atom stereocenters. The lowest BCUT2D eigenvalue weighted by molar-refractivity contribution is 0.414. The fourth-order valence-electron chi connectivity index (χ4n) is 2.97. The van der Waals surface area contributed by atoms with Gasteiger partial charge in [-0.05, 0) is 40.8 Å². The molecule has 1 nitrogen and oxygen atoms in total. The molecule has 0 radical (unpaired) electrons. The molecule has 0 amide bonds. The zero-order valence-corrected chi connectivity index (χ0v) is 21.0. The quantitative estimate of drug-likeness (QED) is 0.306. The van der Waals surface area contributed by atoms with Crippen molar-refractivity contribution in [3.05, 3.63) is 102 Å². The van der Waals surface area contributed by atoms with Crippen LogP contribution >= 0.6 is 0 Å². The highest BCUT2D eigenvalue weighted by Crippen LogP contribution is 2.39. The van der Waals surface area contributed by atoms with Crippen molar-refractivity contribution >= 4 is 8.07 Å². The lowest BCUT2D eigenvalue weighted by Gasteiger charge is -2.32. The van der Waals surface area contributed by atoms with Gasteiger partial charge in [0.2, 0.25) is 0 Å². The van der Waals surface area contributed by atoms with Crippen LogP contribution in [0, 0.1) is 0 Å². The second-order valence-corrected chi connectivity index (χ2v) is 16.1. The molecule has 0 aromatic heterocycles. The van der Waals surface area contributed by atoms with Crippen molar-refractivity contribution < 1.29 is 4.74 Å².